The van der Waals surface area contributed by atoms with Crippen molar-refractivity contribution in [3.63, 3.8) is 0 Å². The van der Waals surface area contributed by atoms with E-state index in [0.717, 1.165) is 0 Å². The van der Waals surface area contributed by atoms with E-state index in [-0.39, 0.29) is 30.7 Å². The molecule has 20 heavy (non-hydrogen) atoms. The van der Waals surface area contributed by atoms with Gasteiger partial charge in [0.05, 0.1) is 12.3 Å². The van der Waals surface area contributed by atoms with Gasteiger partial charge in [-0.25, -0.2) is 0 Å². The molecule has 110 valence electrons. The SMILES string of the molecule is O=C(O)CC1C(=O)NCCN1C(=O)C1CCC(=O)NC1. The smallest absolute Gasteiger partial charge is 0.305 e. The van der Waals surface area contributed by atoms with Crippen molar-refractivity contribution in [3.05, 3.63) is 0 Å². The van der Waals surface area contributed by atoms with Crippen LogP contribution in [0.1, 0.15) is 19.3 Å². The number of hydrogen-bond acceptors (Lipinski definition) is 4. The Morgan fingerprint density at radius 2 is 2.05 bits per heavy atom. The number of nitrogens with one attached hydrogen (secondary N) is 2. The molecule has 2 rings (SSSR count). The number of piperazine rings is 1. The van der Waals surface area contributed by atoms with Crippen molar-refractivity contribution in [2.45, 2.75) is 25.3 Å². The van der Waals surface area contributed by atoms with E-state index in [4.69, 9.17) is 5.11 Å². The molecule has 2 saturated heterocycles. The molecule has 0 aliphatic carbocycles. The summed E-state index contributed by atoms with van der Waals surface area (Å²) in [5.74, 6) is -2.29. The molecule has 2 aliphatic heterocycles. The zero-order valence-electron chi connectivity index (χ0n) is 10.9. The Balaban J connectivity index is 2.07. The molecule has 8 nitrogen and oxygen atoms in total. The van der Waals surface area contributed by atoms with Crippen LogP contribution in [0, 0.1) is 5.92 Å². The van der Waals surface area contributed by atoms with E-state index in [0.29, 0.717) is 19.5 Å². The number of carboxylic acid groups (broad SMARTS) is 1. The first-order chi connectivity index (χ1) is 9.49. The molecule has 2 aliphatic rings. The Kier molecular flexibility index (Phi) is 4.21. The van der Waals surface area contributed by atoms with E-state index in [1.165, 1.54) is 4.90 Å². The normalized spacial score (nSPS) is 26.7. The Labute approximate surface area is 115 Å². The molecule has 2 atom stereocenters. The maximum absolute atomic E-state index is 12.4. The fourth-order valence-electron chi connectivity index (χ4n) is 2.52. The highest BCUT2D eigenvalue weighted by Crippen LogP contribution is 2.18. The second-order valence-corrected chi connectivity index (χ2v) is 4.98. The summed E-state index contributed by atoms with van der Waals surface area (Å²) in [6.07, 6.45) is 0.305. The molecule has 2 unspecified atom stereocenters. The number of rotatable bonds is 3. The summed E-state index contributed by atoms with van der Waals surface area (Å²) in [5.41, 5.74) is 0. The van der Waals surface area contributed by atoms with Gasteiger partial charge in [-0.3, -0.25) is 19.2 Å². The zero-order valence-corrected chi connectivity index (χ0v) is 10.9. The van der Waals surface area contributed by atoms with Gasteiger partial charge in [0.1, 0.15) is 6.04 Å². The van der Waals surface area contributed by atoms with Crippen LogP contribution in [-0.4, -0.2) is 59.4 Å². The number of carbonyl (C=O) groups excluding carboxylic acids is 3. The van der Waals surface area contributed by atoms with Crippen LogP contribution < -0.4 is 10.6 Å². The van der Waals surface area contributed by atoms with Crippen molar-refractivity contribution >= 4 is 23.7 Å². The predicted octanol–water partition coefficient (Wildman–Crippen LogP) is -1.69. The molecule has 0 aromatic heterocycles. The van der Waals surface area contributed by atoms with E-state index in [9.17, 15) is 19.2 Å². The van der Waals surface area contributed by atoms with Gasteiger partial charge >= 0.3 is 5.97 Å². The average molecular weight is 283 g/mol. The van der Waals surface area contributed by atoms with Crippen LogP contribution in [0.2, 0.25) is 0 Å². The first-order valence-electron chi connectivity index (χ1n) is 6.55. The van der Waals surface area contributed by atoms with E-state index < -0.39 is 24.3 Å². The summed E-state index contributed by atoms with van der Waals surface area (Å²) in [6, 6.07) is -0.966. The number of nitrogens with zero attached hydrogens (tertiary/aromatic N) is 1. The molecule has 8 heteroatoms. The molecule has 2 fully saturated rings. The lowest BCUT2D eigenvalue weighted by atomic mass is 9.96. The second kappa shape index (κ2) is 5.89. The third kappa shape index (κ3) is 3.06. The van der Waals surface area contributed by atoms with Crippen molar-refractivity contribution in [1.82, 2.24) is 15.5 Å². The number of carboxylic acids is 1. The highest BCUT2D eigenvalue weighted by atomic mass is 16.4. The minimum absolute atomic E-state index is 0.0903. The molecule has 0 aromatic rings. The highest BCUT2D eigenvalue weighted by molar-refractivity contribution is 5.93. The molecule has 3 N–H and O–H groups in total. The maximum Gasteiger partial charge on any atom is 0.305 e. The summed E-state index contributed by atoms with van der Waals surface area (Å²) < 4.78 is 0. The number of aliphatic carboxylic acids is 1. The molecule has 2 heterocycles. The van der Waals surface area contributed by atoms with Crippen LogP contribution in [0.4, 0.5) is 0 Å². The van der Waals surface area contributed by atoms with Gasteiger partial charge in [0.2, 0.25) is 17.7 Å². The minimum atomic E-state index is -1.12. The van der Waals surface area contributed by atoms with Gasteiger partial charge in [-0.05, 0) is 6.42 Å². The van der Waals surface area contributed by atoms with Crippen LogP contribution in [0.25, 0.3) is 0 Å². The number of hydrogen-bond donors (Lipinski definition) is 3. The van der Waals surface area contributed by atoms with E-state index in [1.54, 1.807) is 0 Å². The largest absolute Gasteiger partial charge is 0.481 e. The highest BCUT2D eigenvalue weighted by Gasteiger charge is 2.38. The fourth-order valence-corrected chi connectivity index (χ4v) is 2.52. The third-order valence-electron chi connectivity index (χ3n) is 3.60. The van der Waals surface area contributed by atoms with Crippen LogP contribution in [0.5, 0.6) is 0 Å². The lowest BCUT2D eigenvalue weighted by molar-refractivity contribution is -0.151. The van der Waals surface area contributed by atoms with Crippen molar-refractivity contribution in [1.29, 1.82) is 0 Å². The Bertz CT molecular complexity index is 440. The zero-order chi connectivity index (χ0) is 14.7. The minimum Gasteiger partial charge on any atom is -0.481 e. The first kappa shape index (κ1) is 14.3. The number of piperidine rings is 1. The van der Waals surface area contributed by atoms with Gasteiger partial charge in [0.15, 0.2) is 0 Å². The Hall–Kier alpha value is -2.12. The fraction of sp³-hybridized carbons (Fsp3) is 0.667. The average Bonchev–Trinajstić information content (AvgIpc) is 2.41. The first-order valence-corrected chi connectivity index (χ1v) is 6.55. The maximum atomic E-state index is 12.4. The van der Waals surface area contributed by atoms with Gasteiger partial charge in [0.25, 0.3) is 0 Å². The molecular formula is C12H17N3O5. The second-order valence-electron chi connectivity index (χ2n) is 4.98. The summed E-state index contributed by atoms with van der Waals surface area (Å²) in [6.45, 7) is 0.863. The van der Waals surface area contributed by atoms with E-state index in [2.05, 4.69) is 10.6 Å². The standard InChI is InChI=1S/C12H17N3O5/c16-9-2-1-7(6-14-9)12(20)15-4-3-13-11(19)8(15)5-10(17)18/h7-8H,1-6H2,(H,13,19)(H,14,16)(H,17,18). The van der Waals surface area contributed by atoms with Crippen LogP contribution >= 0.6 is 0 Å². The van der Waals surface area contributed by atoms with E-state index >= 15 is 0 Å². The summed E-state index contributed by atoms with van der Waals surface area (Å²) in [4.78, 5) is 47.4. The van der Waals surface area contributed by atoms with Gasteiger partial charge in [-0.2, -0.15) is 0 Å². The molecule has 0 radical (unpaired) electrons. The monoisotopic (exact) mass is 283 g/mol. The lowest BCUT2D eigenvalue weighted by Gasteiger charge is -2.37. The number of carbonyl (C=O) groups is 4. The predicted molar refractivity (Wildman–Crippen MR) is 66.5 cm³/mol. The van der Waals surface area contributed by atoms with Crippen molar-refractivity contribution < 1.29 is 24.3 Å². The van der Waals surface area contributed by atoms with Crippen LogP contribution in [0.15, 0.2) is 0 Å². The third-order valence-corrected chi connectivity index (χ3v) is 3.60. The van der Waals surface area contributed by atoms with E-state index in [1.807, 2.05) is 0 Å². The molecule has 0 spiro atoms. The van der Waals surface area contributed by atoms with Crippen molar-refractivity contribution in [2.24, 2.45) is 5.92 Å². The summed E-state index contributed by atoms with van der Waals surface area (Å²) in [5, 5.41) is 14.0. The van der Waals surface area contributed by atoms with Crippen LogP contribution in [-0.2, 0) is 19.2 Å². The van der Waals surface area contributed by atoms with Crippen molar-refractivity contribution in [2.75, 3.05) is 19.6 Å². The summed E-state index contributed by atoms with van der Waals surface area (Å²) in [7, 11) is 0. The Morgan fingerprint density at radius 1 is 1.30 bits per heavy atom. The van der Waals surface area contributed by atoms with Gasteiger partial charge in [-0.1, -0.05) is 0 Å². The molecule has 0 saturated carbocycles. The molecule has 0 bridgehead atoms. The number of amides is 3. The van der Waals surface area contributed by atoms with Gasteiger partial charge in [-0.15, -0.1) is 0 Å². The van der Waals surface area contributed by atoms with Crippen LogP contribution in [0.3, 0.4) is 0 Å². The van der Waals surface area contributed by atoms with Gasteiger partial charge < -0.3 is 20.6 Å². The van der Waals surface area contributed by atoms with Gasteiger partial charge in [0, 0.05) is 26.1 Å². The molecule has 0 aromatic carbocycles. The molecule has 3 amide bonds. The summed E-state index contributed by atoms with van der Waals surface area (Å²) >= 11 is 0. The Morgan fingerprint density at radius 3 is 2.65 bits per heavy atom. The topological polar surface area (TPSA) is 116 Å². The van der Waals surface area contributed by atoms with Crippen molar-refractivity contribution in [3.8, 4) is 0 Å². The molecular weight excluding hydrogens is 266 g/mol. The lowest BCUT2D eigenvalue weighted by Crippen LogP contribution is -2.60. The quantitative estimate of drug-likeness (QED) is 0.572.